The van der Waals surface area contributed by atoms with Gasteiger partial charge in [0.05, 0.1) is 12.5 Å². The van der Waals surface area contributed by atoms with Gasteiger partial charge in [-0.25, -0.2) is 23.4 Å². The van der Waals surface area contributed by atoms with E-state index >= 15 is 0 Å². The summed E-state index contributed by atoms with van der Waals surface area (Å²) < 4.78 is 39.9. The standard InChI is InChI=1S/C13H14BrNO2S.ClHO4/c1-18(2)10-4-3-9-17-13(16)15-12-7-5-11(14)6-8-12;2-1(3,4)5/h5-8H,9-10H2,1-2H3;(H,2,3,4,5). The van der Waals surface area contributed by atoms with Gasteiger partial charge >= 0.3 is 6.09 Å². The molecule has 0 radical (unpaired) electrons. The molecule has 1 amide bonds. The lowest BCUT2D eigenvalue weighted by atomic mass is 10.3. The number of hydrogen-bond donors (Lipinski definition) is 1. The highest BCUT2D eigenvalue weighted by Crippen LogP contribution is 2.14. The summed E-state index contributed by atoms with van der Waals surface area (Å²) >= 11 is 3.32. The number of hydrogen-bond acceptors (Lipinski definition) is 6. The van der Waals surface area contributed by atoms with E-state index < -0.39 is 16.3 Å². The van der Waals surface area contributed by atoms with Gasteiger partial charge in [0, 0.05) is 10.2 Å². The summed E-state index contributed by atoms with van der Waals surface area (Å²) in [5.74, 6) is 6.62. The van der Waals surface area contributed by atoms with Crippen molar-refractivity contribution in [2.45, 2.75) is 0 Å². The molecule has 0 unspecified atom stereocenters. The molecule has 128 valence electrons. The summed E-state index contributed by atoms with van der Waals surface area (Å²) in [4.78, 5) is 11.4. The van der Waals surface area contributed by atoms with E-state index in [9.17, 15) is 4.79 Å². The van der Waals surface area contributed by atoms with Crippen molar-refractivity contribution in [1.82, 2.24) is 0 Å². The van der Waals surface area contributed by atoms with Crippen LogP contribution in [-0.2, 0) is 15.6 Å². The Morgan fingerprint density at radius 2 is 1.74 bits per heavy atom. The van der Waals surface area contributed by atoms with Crippen LogP contribution in [0.1, 0.15) is 0 Å². The summed E-state index contributed by atoms with van der Waals surface area (Å²) in [6.45, 7) is 0.125. The van der Waals surface area contributed by atoms with Gasteiger partial charge in [-0.15, -0.1) is 10.2 Å². The van der Waals surface area contributed by atoms with Crippen LogP contribution in [0.4, 0.5) is 10.5 Å². The number of amides is 1. The molecule has 1 aromatic carbocycles. The van der Waals surface area contributed by atoms with Crippen molar-refractivity contribution in [1.29, 1.82) is 0 Å². The van der Waals surface area contributed by atoms with Crippen LogP contribution in [0.15, 0.2) is 28.7 Å². The van der Waals surface area contributed by atoms with Crippen LogP contribution in [0, 0.1) is 22.1 Å². The number of anilines is 1. The van der Waals surface area contributed by atoms with Gasteiger partial charge in [0.1, 0.15) is 0 Å². The minimum absolute atomic E-state index is 0.125. The molecule has 0 heterocycles. The van der Waals surface area contributed by atoms with Crippen molar-refractivity contribution in [3.8, 4) is 11.8 Å². The Labute approximate surface area is 147 Å². The Hall–Kier alpha value is -0.990. The fraction of sp³-hybridized carbons (Fsp3) is 0.308. The minimum atomic E-state index is -4.94. The predicted molar refractivity (Wildman–Crippen MR) is 81.0 cm³/mol. The zero-order chi connectivity index (χ0) is 17.9. The fourth-order valence-corrected chi connectivity index (χ4v) is 1.69. The van der Waals surface area contributed by atoms with Gasteiger partial charge in [-0.1, -0.05) is 21.9 Å². The molecular formula is C13H15BrClNO6S. The van der Waals surface area contributed by atoms with Gasteiger partial charge < -0.3 is 4.74 Å². The number of benzene rings is 1. The molecule has 23 heavy (non-hydrogen) atoms. The summed E-state index contributed by atoms with van der Waals surface area (Å²) in [5.41, 5.74) is 0.694. The molecule has 0 aliphatic rings. The Morgan fingerprint density at radius 3 is 2.22 bits per heavy atom. The second-order valence-corrected chi connectivity index (χ2v) is 8.00. The quantitative estimate of drug-likeness (QED) is 0.443. The second-order valence-electron chi connectivity index (χ2n) is 4.07. The van der Waals surface area contributed by atoms with E-state index in [-0.39, 0.29) is 6.61 Å². The molecule has 0 aliphatic carbocycles. The van der Waals surface area contributed by atoms with E-state index in [4.69, 9.17) is 23.4 Å². The first-order valence-corrected chi connectivity index (χ1v) is 10.1. The first-order chi connectivity index (χ1) is 10.6. The lowest BCUT2D eigenvalue weighted by Gasteiger charge is -2.17. The highest BCUT2D eigenvalue weighted by atomic mass is 79.9. The maximum atomic E-state index is 11.4. The Kier molecular flexibility index (Phi) is 11.0. The van der Waals surface area contributed by atoms with Crippen LogP contribution in [0.5, 0.6) is 0 Å². The number of ether oxygens (including phenoxy) is 1. The van der Waals surface area contributed by atoms with Crippen LogP contribution in [0.2, 0.25) is 0 Å². The summed E-state index contributed by atoms with van der Waals surface area (Å²) in [7, 11) is -4.64. The van der Waals surface area contributed by atoms with Crippen molar-refractivity contribution < 1.29 is 38.4 Å². The summed E-state index contributed by atoms with van der Waals surface area (Å²) in [6.07, 6.45) is 3.75. The molecule has 0 aromatic heterocycles. The molecule has 0 saturated heterocycles. The Balaban J connectivity index is 0.000000841. The number of rotatable bonds is 3. The molecule has 0 bridgehead atoms. The Bertz CT molecular complexity index is 532. The van der Waals surface area contributed by atoms with Crippen molar-refractivity contribution in [3.63, 3.8) is 0 Å². The molecule has 1 N–H and O–H groups in total. The molecule has 7 nitrogen and oxygen atoms in total. The molecule has 1 aromatic rings. The van der Waals surface area contributed by atoms with Crippen molar-refractivity contribution in [2.75, 3.05) is 30.2 Å². The normalized spacial score (nSPS) is 10.1. The zero-order valence-corrected chi connectivity index (χ0v) is 15.5. The first-order valence-electron chi connectivity index (χ1n) is 5.89. The predicted octanol–water partition coefficient (Wildman–Crippen LogP) is -1.88. The molecule has 10 heteroatoms. The summed E-state index contributed by atoms with van der Waals surface area (Å²) in [5, 5.41) is 2.62. The van der Waals surface area contributed by atoms with Gasteiger partial charge in [-0.3, -0.25) is 5.32 Å². The van der Waals surface area contributed by atoms with Crippen LogP contribution < -0.4 is 24.0 Å². The average Bonchev–Trinajstić information content (AvgIpc) is 2.39. The zero-order valence-electron chi connectivity index (χ0n) is 12.3. The third-order valence-corrected chi connectivity index (χ3v) is 3.10. The number of carbonyl (C=O) groups is 1. The van der Waals surface area contributed by atoms with Crippen LogP contribution in [0.3, 0.4) is 0 Å². The van der Waals surface area contributed by atoms with Crippen molar-refractivity contribution in [2.24, 2.45) is 0 Å². The highest BCUT2D eigenvalue weighted by molar-refractivity contribution is 9.10. The molecular weight excluding hydrogens is 414 g/mol. The maximum Gasteiger partial charge on any atom is 0.412 e. The maximum absolute atomic E-state index is 11.4. The Morgan fingerprint density at radius 1 is 1.22 bits per heavy atom. The third kappa shape index (κ3) is 17.2. The number of halogens is 2. The van der Waals surface area contributed by atoms with E-state index in [2.05, 4.69) is 45.6 Å². The van der Waals surface area contributed by atoms with Crippen LogP contribution in [-0.4, -0.2) is 31.0 Å². The SMILES string of the molecule is C[S+](C)CC#CCOC(=O)Nc1ccc(Br)cc1.[O-][Cl+3]([O-])([O-])[O-]. The smallest absolute Gasteiger partial charge is 0.412 e. The summed E-state index contributed by atoms with van der Waals surface area (Å²) in [6, 6.07) is 7.27. The van der Waals surface area contributed by atoms with E-state index in [1.807, 2.05) is 12.1 Å². The van der Waals surface area contributed by atoms with E-state index in [1.54, 1.807) is 12.1 Å². The van der Waals surface area contributed by atoms with Gasteiger partial charge in [0.15, 0.2) is 12.4 Å². The molecule has 0 saturated carbocycles. The molecule has 0 fully saturated rings. The monoisotopic (exact) mass is 427 g/mol. The van der Waals surface area contributed by atoms with Gasteiger partial charge in [0.2, 0.25) is 0 Å². The lowest BCUT2D eigenvalue weighted by molar-refractivity contribution is -2.00. The molecule has 0 aliphatic heterocycles. The second kappa shape index (κ2) is 11.5. The van der Waals surface area contributed by atoms with Gasteiger partial charge in [-0.2, -0.15) is 0 Å². The molecule has 1 rings (SSSR count). The average molecular weight is 429 g/mol. The fourth-order valence-electron chi connectivity index (χ4n) is 1.04. The minimum Gasteiger partial charge on any atom is -0.436 e. The van der Waals surface area contributed by atoms with Crippen LogP contribution in [0.25, 0.3) is 0 Å². The number of nitrogens with one attached hydrogen (secondary N) is 1. The first kappa shape index (κ1) is 22.0. The lowest BCUT2D eigenvalue weighted by Crippen LogP contribution is -2.68. The van der Waals surface area contributed by atoms with Gasteiger partial charge in [-0.05, 0) is 41.1 Å². The molecule has 0 spiro atoms. The van der Waals surface area contributed by atoms with Crippen LogP contribution >= 0.6 is 15.9 Å². The van der Waals surface area contributed by atoms with Gasteiger partial charge in [0.25, 0.3) is 0 Å². The number of carbonyl (C=O) groups excluding carboxylic acids is 1. The van der Waals surface area contributed by atoms with E-state index in [0.717, 1.165) is 10.2 Å². The molecule has 0 atom stereocenters. The highest BCUT2D eigenvalue weighted by Gasteiger charge is 2.01. The largest absolute Gasteiger partial charge is 0.436 e. The third-order valence-electron chi connectivity index (χ3n) is 1.85. The van der Waals surface area contributed by atoms with Crippen molar-refractivity contribution >= 4 is 38.6 Å². The van der Waals surface area contributed by atoms with Crippen molar-refractivity contribution in [3.05, 3.63) is 28.7 Å². The van der Waals surface area contributed by atoms with E-state index in [1.165, 1.54) is 0 Å². The topological polar surface area (TPSA) is 131 Å². The van der Waals surface area contributed by atoms with E-state index in [0.29, 0.717) is 16.6 Å².